The molecule has 2 heterocycles. The second-order valence-corrected chi connectivity index (χ2v) is 4.18. The number of H-pyrrole nitrogens is 1. The Morgan fingerprint density at radius 2 is 2.30 bits per heavy atom. The molecule has 3 rings (SSSR count). The average molecular weight is 274 g/mol. The third kappa shape index (κ3) is 2.44. The molecule has 0 saturated carbocycles. The van der Waals surface area contributed by atoms with Crippen molar-refractivity contribution in [2.24, 2.45) is 0 Å². The molecule has 3 aromatic rings. The molecule has 1 amide bonds. The van der Waals surface area contributed by atoms with Crippen LogP contribution in [0.2, 0.25) is 0 Å². The van der Waals surface area contributed by atoms with Gasteiger partial charge in [0.25, 0.3) is 0 Å². The summed E-state index contributed by atoms with van der Waals surface area (Å²) in [4.78, 5) is 29.3. The van der Waals surface area contributed by atoms with E-state index in [0.29, 0.717) is 28.5 Å². The zero-order chi connectivity index (χ0) is 14.1. The molecule has 0 unspecified atom stereocenters. The lowest BCUT2D eigenvalue weighted by Gasteiger charge is -2.02. The van der Waals surface area contributed by atoms with E-state index in [9.17, 15) is 9.59 Å². The summed E-state index contributed by atoms with van der Waals surface area (Å²) in [5.41, 5.74) is 1.49. The molecule has 0 radical (unpaired) electrons. The fraction of sp³-hybridized carbons (Fsp3) is 0.167. The number of benzene rings is 1. The van der Waals surface area contributed by atoms with E-state index < -0.39 is 5.76 Å². The van der Waals surface area contributed by atoms with Gasteiger partial charge in [-0.25, -0.2) is 4.79 Å². The van der Waals surface area contributed by atoms with Crippen molar-refractivity contribution in [1.29, 1.82) is 0 Å². The van der Waals surface area contributed by atoms with Crippen molar-refractivity contribution in [3.8, 4) is 0 Å². The molecular weight excluding hydrogens is 264 g/mol. The molecule has 102 valence electrons. The first-order chi connectivity index (χ1) is 9.60. The average Bonchev–Trinajstić information content (AvgIpc) is 2.93. The van der Waals surface area contributed by atoms with Crippen LogP contribution in [0.3, 0.4) is 0 Å². The van der Waals surface area contributed by atoms with Crippen LogP contribution in [0.1, 0.15) is 11.7 Å². The van der Waals surface area contributed by atoms with E-state index in [2.05, 4.69) is 20.4 Å². The molecule has 0 aliphatic heterocycles. The van der Waals surface area contributed by atoms with Crippen LogP contribution in [0, 0.1) is 6.92 Å². The van der Waals surface area contributed by atoms with Crippen LogP contribution in [0.4, 0.5) is 5.69 Å². The molecule has 0 spiro atoms. The van der Waals surface area contributed by atoms with Gasteiger partial charge >= 0.3 is 5.76 Å². The van der Waals surface area contributed by atoms with Crippen molar-refractivity contribution in [2.45, 2.75) is 13.3 Å². The van der Waals surface area contributed by atoms with Crippen molar-refractivity contribution in [3.63, 3.8) is 0 Å². The molecule has 8 heteroatoms. The minimum absolute atomic E-state index is 0.0112. The van der Waals surface area contributed by atoms with Crippen LogP contribution in [-0.2, 0) is 11.2 Å². The molecule has 0 atom stereocenters. The van der Waals surface area contributed by atoms with Crippen molar-refractivity contribution < 1.29 is 13.7 Å². The third-order valence-electron chi connectivity index (χ3n) is 2.59. The summed E-state index contributed by atoms with van der Waals surface area (Å²) >= 11 is 0. The maximum atomic E-state index is 11.8. The lowest BCUT2D eigenvalue weighted by atomic mass is 10.2. The van der Waals surface area contributed by atoms with Gasteiger partial charge < -0.3 is 14.3 Å². The smallest absolute Gasteiger partial charge is 0.408 e. The number of amides is 1. The van der Waals surface area contributed by atoms with Crippen LogP contribution in [-0.4, -0.2) is 21.0 Å². The Balaban J connectivity index is 1.75. The molecule has 0 fully saturated rings. The molecule has 0 aliphatic rings. The lowest BCUT2D eigenvalue weighted by Crippen LogP contribution is -2.15. The summed E-state index contributed by atoms with van der Waals surface area (Å²) in [5.74, 6) is -0.0928. The van der Waals surface area contributed by atoms with Gasteiger partial charge in [0.05, 0.1) is 11.9 Å². The Morgan fingerprint density at radius 3 is 3.05 bits per heavy atom. The SMILES string of the molecule is Cc1nc(CC(=O)Nc2ccc3oc(=O)[nH]c3c2)no1. The highest BCUT2D eigenvalue weighted by molar-refractivity contribution is 5.93. The lowest BCUT2D eigenvalue weighted by molar-refractivity contribution is -0.115. The minimum Gasteiger partial charge on any atom is -0.408 e. The zero-order valence-corrected chi connectivity index (χ0v) is 10.5. The van der Waals surface area contributed by atoms with E-state index in [1.54, 1.807) is 25.1 Å². The highest BCUT2D eigenvalue weighted by Gasteiger charge is 2.10. The number of anilines is 1. The van der Waals surface area contributed by atoms with Crippen molar-refractivity contribution in [2.75, 3.05) is 5.32 Å². The highest BCUT2D eigenvalue weighted by Crippen LogP contribution is 2.16. The number of carbonyl (C=O) groups is 1. The van der Waals surface area contributed by atoms with E-state index in [4.69, 9.17) is 8.94 Å². The molecule has 0 saturated heterocycles. The van der Waals surface area contributed by atoms with Gasteiger partial charge in [-0.05, 0) is 18.2 Å². The van der Waals surface area contributed by atoms with E-state index in [1.807, 2.05) is 0 Å². The molecule has 20 heavy (non-hydrogen) atoms. The van der Waals surface area contributed by atoms with Crippen LogP contribution in [0.5, 0.6) is 0 Å². The standard InChI is InChI=1S/C12H10N4O4/c1-6-13-10(16-20-6)5-11(17)14-7-2-3-9-8(4-7)15-12(18)19-9/h2-4H,5H2,1H3,(H,14,17)(H,15,18). The first-order valence-electron chi connectivity index (χ1n) is 5.82. The molecule has 0 aliphatic carbocycles. The van der Waals surface area contributed by atoms with E-state index in [0.717, 1.165) is 0 Å². The number of oxazole rings is 1. The fourth-order valence-corrected chi connectivity index (χ4v) is 1.79. The van der Waals surface area contributed by atoms with Crippen LogP contribution >= 0.6 is 0 Å². The van der Waals surface area contributed by atoms with Gasteiger partial charge in [-0.2, -0.15) is 4.98 Å². The van der Waals surface area contributed by atoms with Gasteiger partial charge in [-0.1, -0.05) is 5.16 Å². The Bertz CT molecular complexity index is 829. The Labute approximate surface area is 111 Å². The number of hydrogen-bond acceptors (Lipinski definition) is 6. The number of aromatic amines is 1. The summed E-state index contributed by atoms with van der Waals surface area (Å²) in [6.45, 7) is 1.65. The van der Waals surface area contributed by atoms with Crippen molar-refractivity contribution in [1.82, 2.24) is 15.1 Å². The molecule has 1 aromatic carbocycles. The number of carbonyl (C=O) groups excluding carboxylic acids is 1. The van der Waals surface area contributed by atoms with Crippen LogP contribution in [0.15, 0.2) is 31.9 Å². The van der Waals surface area contributed by atoms with Gasteiger partial charge in [0, 0.05) is 12.6 Å². The first kappa shape index (κ1) is 12.2. The summed E-state index contributed by atoms with van der Waals surface area (Å²) in [7, 11) is 0. The number of nitrogens with zero attached hydrogens (tertiary/aromatic N) is 2. The molecule has 2 N–H and O–H groups in total. The molecule has 0 bridgehead atoms. The number of aryl methyl sites for hydroxylation is 1. The summed E-state index contributed by atoms with van der Waals surface area (Å²) in [6.07, 6.45) is 0.0112. The molecule has 2 aromatic heterocycles. The number of hydrogen-bond donors (Lipinski definition) is 2. The van der Waals surface area contributed by atoms with Gasteiger partial charge in [0.15, 0.2) is 11.4 Å². The van der Waals surface area contributed by atoms with Crippen molar-refractivity contribution in [3.05, 3.63) is 40.5 Å². The predicted molar refractivity (Wildman–Crippen MR) is 68.2 cm³/mol. The van der Waals surface area contributed by atoms with E-state index in [-0.39, 0.29) is 12.3 Å². The maximum absolute atomic E-state index is 11.8. The van der Waals surface area contributed by atoms with Crippen molar-refractivity contribution >= 4 is 22.7 Å². The first-order valence-corrected chi connectivity index (χ1v) is 5.82. The molecule has 8 nitrogen and oxygen atoms in total. The maximum Gasteiger partial charge on any atom is 0.417 e. The summed E-state index contributed by atoms with van der Waals surface area (Å²) < 4.78 is 9.65. The largest absolute Gasteiger partial charge is 0.417 e. The number of rotatable bonds is 3. The van der Waals surface area contributed by atoms with Gasteiger partial charge in [-0.3, -0.25) is 9.78 Å². The normalized spacial score (nSPS) is 10.8. The highest BCUT2D eigenvalue weighted by atomic mass is 16.5. The third-order valence-corrected chi connectivity index (χ3v) is 2.59. The quantitative estimate of drug-likeness (QED) is 0.736. The Kier molecular flexibility index (Phi) is 2.82. The number of fused-ring (bicyclic) bond motifs is 1. The second kappa shape index (κ2) is 4.65. The summed E-state index contributed by atoms with van der Waals surface area (Å²) in [5, 5.41) is 6.32. The number of aromatic nitrogens is 3. The van der Waals surface area contributed by atoms with E-state index >= 15 is 0 Å². The van der Waals surface area contributed by atoms with Gasteiger partial charge in [-0.15, -0.1) is 0 Å². The van der Waals surface area contributed by atoms with Crippen LogP contribution in [0.25, 0.3) is 11.1 Å². The zero-order valence-electron chi connectivity index (χ0n) is 10.5. The number of nitrogens with one attached hydrogen (secondary N) is 2. The van der Waals surface area contributed by atoms with Crippen LogP contribution < -0.4 is 11.1 Å². The summed E-state index contributed by atoms with van der Waals surface area (Å²) in [6, 6.07) is 4.85. The predicted octanol–water partition coefficient (Wildman–Crippen LogP) is 0.994. The monoisotopic (exact) mass is 274 g/mol. The Morgan fingerprint density at radius 1 is 1.45 bits per heavy atom. The van der Waals surface area contributed by atoms with Gasteiger partial charge in [0.2, 0.25) is 11.8 Å². The topological polar surface area (TPSA) is 114 Å². The Hall–Kier alpha value is -2.90. The van der Waals surface area contributed by atoms with E-state index in [1.165, 1.54) is 0 Å². The van der Waals surface area contributed by atoms with Gasteiger partial charge in [0.1, 0.15) is 0 Å². The minimum atomic E-state index is -0.536. The second-order valence-electron chi connectivity index (χ2n) is 4.18. The fourth-order valence-electron chi connectivity index (χ4n) is 1.79. The molecular formula is C12H10N4O4.